The molecule has 1 saturated carbocycles. The van der Waals surface area contributed by atoms with Gasteiger partial charge in [-0.1, -0.05) is 18.5 Å². The molecule has 5 nitrogen and oxygen atoms in total. The molecule has 2 fully saturated rings. The van der Waals surface area contributed by atoms with Crippen molar-refractivity contribution >= 4 is 27.4 Å². The van der Waals surface area contributed by atoms with E-state index in [1.165, 1.54) is 38.3 Å². The lowest BCUT2D eigenvalue weighted by Gasteiger charge is -2.07. The molecular weight excluding hydrogens is 328 g/mol. The lowest BCUT2D eigenvalue weighted by Crippen LogP contribution is -2.05. The minimum absolute atomic E-state index is 0.0417. The number of carboxylic acids is 1. The zero-order valence-corrected chi connectivity index (χ0v) is 13.9. The molecule has 2 bridgehead atoms. The van der Waals surface area contributed by atoms with Crippen LogP contribution in [0, 0.1) is 5.92 Å². The Bertz CT molecular complexity index is 638. The smallest absolute Gasteiger partial charge is 0.337 e. The summed E-state index contributed by atoms with van der Waals surface area (Å²) >= 11 is 5.64. The Hall–Kier alpha value is -1.11. The molecule has 0 amide bonds. The normalized spacial score (nSPS) is 23.0. The van der Waals surface area contributed by atoms with Crippen LogP contribution in [-0.4, -0.2) is 38.0 Å². The third-order valence-electron chi connectivity index (χ3n) is 3.97. The van der Waals surface area contributed by atoms with Gasteiger partial charge in [0.05, 0.1) is 27.3 Å². The Morgan fingerprint density at radius 1 is 1.41 bits per heavy atom. The molecule has 0 spiro atoms. The van der Waals surface area contributed by atoms with E-state index in [0.717, 1.165) is 18.6 Å². The van der Waals surface area contributed by atoms with E-state index in [0.29, 0.717) is 6.10 Å². The van der Waals surface area contributed by atoms with Gasteiger partial charge in [0, 0.05) is 6.61 Å². The van der Waals surface area contributed by atoms with Crippen LogP contribution in [0.2, 0.25) is 5.02 Å². The van der Waals surface area contributed by atoms with Crippen LogP contribution in [0.4, 0.5) is 0 Å². The van der Waals surface area contributed by atoms with Crippen molar-refractivity contribution in [1.29, 1.82) is 0 Å². The monoisotopic (exact) mass is 346 g/mol. The van der Waals surface area contributed by atoms with Crippen molar-refractivity contribution in [3.05, 3.63) is 28.8 Å². The Morgan fingerprint density at radius 3 is 2.45 bits per heavy atom. The summed E-state index contributed by atoms with van der Waals surface area (Å²) in [4.78, 5) is 10.7. The molecule has 1 N–H and O–H groups in total. The van der Waals surface area contributed by atoms with Crippen molar-refractivity contribution in [2.24, 2.45) is 5.92 Å². The highest BCUT2D eigenvalue weighted by Crippen LogP contribution is 2.34. The number of fused-ring (bicyclic) bond motifs is 2. The number of rotatable bonds is 3. The molecule has 2 atom stereocenters. The molecule has 7 heteroatoms. The maximum absolute atomic E-state index is 11.4. The maximum atomic E-state index is 11.4. The van der Waals surface area contributed by atoms with E-state index in [9.17, 15) is 13.2 Å². The van der Waals surface area contributed by atoms with Gasteiger partial charge in [-0.15, -0.1) is 0 Å². The Kier molecular flexibility index (Phi) is 5.47. The van der Waals surface area contributed by atoms with E-state index in [1.807, 2.05) is 0 Å². The van der Waals surface area contributed by atoms with Crippen molar-refractivity contribution < 1.29 is 23.1 Å². The zero-order valence-electron chi connectivity index (χ0n) is 12.3. The van der Waals surface area contributed by atoms with Gasteiger partial charge in [0.1, 0.15) is 0 Å². The van der Waals surface area contributed by atoms with E-state index >= 15 is 0 Å². The Labute approximate surface area is 135 Å². The van der Waals surface area contributed by atoms with Crippen molar-refractivity contribution in [3.8, 4) is 0 Å². The van der Waals surface area contributed by atoms with Gasteiger partial charge in [-0.25, -0.2) is 13.2 Å². The van der Waals surface area contributed by atoms with Crippen LogP contribution in [-0.2, 0) is 14.6 Å². The van der Waals surface area contributed by atoms with Crippen molar-refractivity contribution in [1.82, 2.24) is 0 Å². The first-order valence-corrected chi connectivity index (χ1v) is 9.23. The van der Waals surface area contributed by atoms with Crippen LogP contribution in [0.5, 0.6) is 0 Å². The lowest BCUT2D eigenvalue weighted by molar-refractivity contribution is 0.0697. The molecular formula is C15H19ClO5S. The fourth-order valence-corrected chi connectivity index (χ4v) is 3.87. The summed E-state index contributed by atoms with van der Waals surface area (Å²) in [5.74, 6) is -0.277. The minimum Gasteiger partial charge on any atom is -0.478 e. The summed E-state index contributed by atoms with van der Waals surface area (Å²) in [6, 6.07) is 3.59. The highest BCUT2D eigenvalue weighted by atomic mass is 35.5. The SMILES string of the molecule is C1CC2CC1CO2.CCS(=O)(=O)c1ccc(C(=O)O)c(Cl)c1. The van der Waals surface area contributed by atoms with Gasteiger partial charge >= 0.3 is 5.97 Å². The first-order valence-electron chi connectivity index (χ1n) is 7.20. The molecule has 22 heavy (non-hydrogen) atoms. The van der Waals surface area contributed by atoms with Gasteiger partial charge < -0.3 is 9.84 Å². The summed E-state index contributed by atoms with van der Waals surface area (Å²) in [7, 11) is -3.34. The van der Waals surface area contributed by atoms with E-state index < -0.39 is 15.8 Å². The standard InChI is InChI=1S/C9H9ClO4S.C6H10O/c1-2-15(13,14)6-3-4-7(9(11)12)8(10)5-6;1-2-6-3-5(1)4-7-6/h3-5H,2H2,1H3,(H,11,12);5-6H,1-4H2. The van der Waals surface area contributed by atoms with E-state index in [4.69, 9.17) is 21.4 Å². The topological polar surface area (TPSA) is 80.7 Å². The van der Waals surface area contributed by atoms with Crippen molar-refractivity contribution in [2.45, 2.75) is 37.2 Å². The molecule has 0 radical (unpaired) electrons. The number of sulfone groups is 1. The molecule has 122 valence electrons. The number of halogens is 1. The van der Waals surface area contributed by atoms with Crippen LogP contribution < -0.4 is 0 Å². The van der Waals surface area contributed by atoms with E-state index in [-0.39, 0.29) is 21.2 Å². The van der Waals surface area contributed by atoms with Crippen LogP contribution in [0.1, 0.15) is 36.5 Å². The summed E-state index contributed by atoms with van der Waals surface area (Å²) in [5, 5.41) is 8.61. The van der Waals surface area contributed by atoms with Crippen molar-refractivity contribution in [2.75, 3.05) is 12.4 Å². The average molecular weight is 347 g/mol. The molecule has 1 aromatic carbocycles. The lowest BCUT2D eigenvalue weighted by atomic mass is 10.1. The number of ether oxygens (including phenoxy) is 1. The third kappa shape index (κ3) is 4.00. The summed E-state index contributed by atoms with van der Waals surface area (Å²) in [6.07, 6.45) is 4.81. The van der Waals surface area contributed by atoms with Gasteiger partial charge in [-0.2, -0.15) is 0 Å². The van der Waals surface area contributed by atoms with Gasteiger partial charge in [0.15, 0.2) is 9.84 Å². The number of hydrogen-bond donors (Lipinski definition) is 1. The summed E-state index contributed by atoms with van der Waals surface area (Å²) in [6.45, 7) is 2.57. The predicted octanol–water partition coefficient (Wildman–Crippen LogP) is 3.02. The number of carboxylic acid groups (broad SMARTS) is 1. The molecule has 2 aliphatic rings. The Balaban J connectivity index is 0.000000205. The number of hydrogen-bond acceptors (Lipinski definition) is 4. The van der Waals surface area contributed by atoms with E-state index in [1.54, 1.807) is 0 Å². The number of carbonyl (C=O) groups is 1. The van der Waals surface area contributed by atoms with E-state index in [2.05, 4.69) is 0 Å². The molecule has 1 aromatic rings. The molecule has 1 saturated heterocycles. The van der Waals surface area contributed by atoms with Crippen molar-refractivity contribution in [3.63, 3.8) is 0 Å². The number of benzene rings is 1. The first kappa shape index (κ1) is 17.2. The van der Waals surface area contributed by atoms with Gasteiger partial charge in [-0.05, 0) is 43.4 Å². The van der Waals surface area contributed by atoms with Gasteiger partial charge in [0.2, 0.25) is 0 Å². The largest absolute Gasteiger partial charge is 0.478 e. The fraction of sp³-hybridized carbons (Fsp3) is 0.533. The molecule has 2 unspecified atom stereocenters. The molecule has 1 aliphatic heterocycles. The predicted molar refractivity (Wildman–Crippen MR) is 83.2 cm³/mol. The molecule has 1 heterocycles. The molecule has 3 rings (SSSR count). The number of aromatic carboxylic acids is 1. The fourth-order valence-electron chi connectivity index (χ4n) is 2.63. The van der Waals surface area contributed by atoms with Crippen LogP contribution in [0.25, 0.3) is 0 Å². The van der Waals surface area contributed by atoms with Crippen LogP contribution in [0.3, 0.4) is 0 Å². The molecule has 0 aromatic heterocycles. The van der Waals surface area contributed by atoms with Crippen LogP contribution >= 0.6 is 11.6 Å². The van der Waals surface area contributed by atoms with Gasteiger partial charge in [-0.3, -0.25) is 0 Å². The highest BCUT2D eigenvalue weighted by Gasteiger charge is 2.31. The third-order valence-corrected chi connectivity index (χ3v) is 6.02. The minimum atomic E-state index is -3.34. The second-order valence-corrected chi connectivity index (χ2v) is 8.17. The maximum Gasteiger partial charge on any atom is 0.337 e. The second-order valence-electron chi connectivity index (χ2n) is 5.48. The van der Waals surface area contributed by atoms with Crippen LogP contribution in [0.15, 0.2) is 23.1 Å². The quantitative estimate of drug-likeness (QED) is 0.909. The zero-order chi connectivity index (χ0) is 16.3. The summed E-state index contributed by atoms with van der Waals surface area (Å²) < 4.78 is 28.2. The first-order chi connectivity index (χ1) is 10.3. The second kappa shape index (κ2) is 6.98. The van der Waals surface area contributed by atoms with Gasteiger partial charge in [0.25, 0.3) is 0 Å². The molecule has 1 aliphatic carbocycles. The average Bonchev–Trinajstić information content (AvgIpc) is 3.12. The summed E-state index contributed by atoms with van der Waals surface area (Å²) in [5.41, 5.74) is -0.105. The Morgan fingerprint density at radius 2 is 2.14 bits per heavy atom. The highest BCUT2D eigenvalue weighted by molar-refractivity contribution is 7.91.